The van der Waals surface area contributed by atoms with Crippen LogP contribution in [0.5, 0.6) is 0 Å². The molecule has 1 unspecified atom stereocenters. The Kier molecular flexibility index (Phi) is 3.60. The number of H-pyrrole nitrogens is 1. The van der Waals surface area contributed by atoms with Gasteiger partial charge in [-0.1, -0.05) is 23.4 Å². The summed E-state index contributed by atoms with van der Waals surface area (Å²) in [4.78, 5) is 25.1. The van der Waals surface area contributed by atoms with Crippen LogP contribution in [0.1, 0.15) is 30.7 Å². The smallest absolute Gasteiger partial charge is 0.238 e. The number of aromatic amines is 1. The summed E-state index contributed by atoms with van der Waals surface area (Å²) in [5.74, 6) is 2.00. The maximum atomic E-state index is 11.8. The lowest BCUT2D eigenvalue weighted by Gasteiger charge is -2.14. The van der Waals surface area contributed by atoms with Crippen LogP contribution in [0.4, 0.5) is 5.69 Å². The number of amides is 1. The molecule has 0 spiro atoms. The van der Waals surface area contributed by atoms with Crippen molar-refractivity contribution in [3.63, 3.8) is 0 Å². The van der Waals surface area contributed by atoms with Gasteiger partial charge in [0.25, 0.3) is 0 Å². The maximum Gasteiger partial charge on any atom is 0.238 e. The van der Waals surface area contributed by atoms with Crippen LogP contribution in [-0.2, 0) is 11.2 Å². The van der Waals surface area contributed by atoms with Crippen LogP contribution in [0.2, 0.25) is 0 Å². The van der Waals surface area contributed by atoms with E-state index < -0.39 is 0 Å². The molecule has 7 nitrogen and oxygen atoms in total. The zero-order chi connectivity index (χ0) is 16.5. The molecule has 3 aromatic rings. The molecule has 0 saturated carbocycles. The number of hydrogen-bond donors (Lipinski definition) is 1. The maximum absolute atomic E-state index is 11.8. The number of hydrogen-bond acceptors (Lipinski definition) is 5. The molecule has 122 valence electrons. The molecule has 3 heterocycles. The lowest BCUT2D eigenvalue weighted by Crippen LogP contribution is -2.27. The number of anilines is 1. The molecule has 7 heteroatoms. The van der Waals surface area contributed by atoms with Gasteiger partial charge in [-0.25, -0.2) is 4.98 Å². The van der Waals surface area contributed by atoms with Crippen LogP contribution in [-0.4, -0.2) is 32.6 Å². The average molecular weight is 323 g/mol. The highest BCUT2D eigenvalue weighted by atomic mass is 16.5. The van der Waals surface area contributed by atoms with E-state index in [1.165, 1.54) is 5.56 Å². The molecule has 0 fully saturated rings. The second-order valence-corrected chi connectivity index (χ2v) is 5.87. The predicted molar refractivity (Wildman–Crippen MR) is 87.4 cm³/mol. The van der Waals surface area contributed by atoms with Gasteiger partial charge in [0.2, 0.25) is 17.6 Å². The molecular weight excluding hydrogens is 306 g/mol. The van der Waals surface area contributed by atoms with Gasteiger partial charge in [0, 0.05) is 43.9 Å². The second-order valence-electron chi connectivity index (χ2n) is 5.87. The van der Waals surface area contributed by atoms with Gasteiger partial charge in [-0.2, -0.15) is 4.98 Å². The van der Waals surface area contributed by atoms with Gasteiger partial charge in [-0.3, -0.25) is 4.79 Å². The minimum Gasteiger partial charge on any atom is -0.342 e. The predicted octanol–water partition coefficient (Wildman–Crippen LogP) is 2.54. The molecule has 1 atom stereocenters. The van der Waals surface area contributed by atoms with Gasteiger partial charge in [0.1, 0.15) is 0 Å². The molecule has 0 aliphatic carbocycles. The molecular formula is C17H17N5O2. The van der Waals surface area contributed by atoms with Crippen LogP contribution in [0.25, 0.3) is 11.6 Å². The Hall–Kier alpha value is -2.96. The standard InChI is InChI=1S/C17H17N5O2/c1-11(23)22-10-12(13-4-2-3-5-14(13)22)6-7-15-20-17(21-24-15)16-18-8-9-19-16/h2-5,8-9,12H,6-7,10H2,1H3,(H,18,19). The summed E-state index contributed by atoms with van der Waals surface area (Å²) in [6.07, 6.45) is 4.88. The first kappa shape index (κ1) is 14.6. The van der Waals surface area contributed by atoms with E-state index in [1.54, 1.807) is 19.3 Å². The highest BCUT2D eigenvalue weighted by Crippen LogP contribution is 2.38. The van der Waals surface area contributed by atoms with Gasteiger partial charge in [-0.15, -0.1) is 0 Å². The Labute approximate surface area is 138 Å². The van der Waals surface area contributed by atoms with Crippen molar-refractivity contribution in [2.75, 3.05) is 11.4 Å². The zero-order valence-electron chi connectivity index (χ0n) is 13.3. The first-order chi connectivity index (χ1) is 11.7. The van der Waals surface area contributed by atoms with Crippen LogP contribution >= 0.6 is 0 Å². The molecule has 24 heavy (non-hydrogen) atoms. The summed E-state index contributed by atoms with van der Waals surface area (Å²) in [7, 11) is 0. The summed E-state index contributed by atoms with van der Waals surface area (Å²) in [5, 5.41) is 3.95. The Morgan fingerprint density at radius 1 is 1.42 bits per heavy atom. The third-order valence-corrected chi connectivity index (χ3v) is 4.34. The summed E-state index contributed by atoms with van der Waals surface area (Å²) in [6.45, 7) is 2.31. The molecule has 1 N–H and O–H groups in total. The lowest BCUT2D eigenvalue weighted by atomic mass is 9.96. The quantitative estimate of drug-likeness (QED) is 0.797. The number of rotatable bonds is 4. The number of aromatic nitrogens is 4. The lowest BCUT2D eigenvalue weighted by molar-refractivity contribution is -0.116. The van der Waals surface area contributed by atoms with Crippen molar-refractivity contribution in [1.82, 2.24) is 20.1 Å². The summed E-state index contributed by atoms with van der Waals surface area (Å²) < 4.78 is 5.31. The van der Waals surface area contributed by atoms with Gasteiger partial charge in [0.15, 0.2) is 5.82 Å². The molecule has 1 aliphatic heterocycles. The van der Waals surface area contributed by atoms with E-state index in [0.717, 1.165) is 12.1 Å². The normalized spacial score (nSPS) is 16.4. The largest absolute Gasteiger partial charge is 0.342 e. The highest BCUT2D eigenvalue weighted by molar-refractivity contribution is 5.94. The number of imidazole rings is 1. The van der Waals surface area contributed by atoms with E-state index in [2.05, 4.69) is 26.2 Å². The number of carbonyl (C=O) groups excluding carboxylic acids is 1. The fourth-order valence-corrected chi connectivity index (χ4v) is 3.18. The Morgan fingerprint density at radius 2 is 2.29 bits per heavy atom. The third kappa shape index (κ3) is 2.58. The van der Waals surface area contributed by atoms with Crippen molar-refractivity contribution in [3.8, 4) is 11.6 Å². The van der Waals surface area contributed by atoms with E-state index in [4.69, 9.17) is 4.52 Å². The van der Waals surface area contributed by atoms with Crippen LogP contribution in [0.15, 0.2) is 41.2 Å². The van der Waals surface area contributed by atoms with Crippen LogP contribution in [0.3, 0.4) is 0 Å². The first-order valence-electron chi connectivity index (χ1n) is 7.91. The zero-order valence-corrected chi connectivity index (χ0v) is 13.3. The number of nitrogens with one attached hydrogen (secondary N) is 1. The Bertz CT molecular complexity index is 856. The molecule has 2 aromatic heterocycles. The average Bonchev–Trinajstić information content (AvgIpc) is 3.31. The number of para-hydroxylation sites is 1. The van der Waals surface area contributed by atoms with E-state index in [0.29, 0.717) is 30.5 Å². The van der Waals surface area contributed by atoms with Crippen molar-refractivity contribution in [2.24, 2.45) is 0 Å². The fraction of sp³-hybridized carbons (Fsp3) is 0.294. The molecule has 1 aliphatic rings. The minimum atomic E-state index is 0.0721. The molecule has 1 amide bonds. The number of aryl methyl sites for hydroxylation is 1. The van der Waals surface area contributed by atoms with E-state index in [-0.39, 0.29) is 11.8 Å². The number of nitrogens with zero attached hydrogens (tertiary/aromatic N) is 4. The molecule has 0 saturated heterocycles. The Balaban J connectivity index is 1.48. The van der Waals surface area contributed by atoms with Crippen molar-refractivity contribution in [1.29, 1.82) is 0 Å². The van der Waals surface area contributed by atoms with Crippen molar-refractivity contribution in [3.05, 3.63) is 48.1 Å². The second kappa shape index (κ2) is 5.92. The topological polar surface area (TPSA) is 87.9 Å². The van der Waals surface area contributed by atoms with Gasteiger partial charge < -0.3 is 14.4 Å². The summed E-state index contributed by atoms with van der Waals surface area (Å²) in [6, 6.07) is 8.06. The van der Waals surface area contributed by atoms with Gasteiger partial charge in [0.05, 0.1) is 0 Å². The number of carbonyl (C=O) groups is 1. The van der Waals surface area contributed by atoms with E-state index in [9.17, 15) is 4.79 Å². The molecule has 4 rings (SSSR count). The van der Waals surface area contributed by atoms with Crippen molar-refractivity contribution < 1.29 is 9.32 Å². The van der Waals surface area contributed by atoms with Crippen molar-refractivity contribution in [2.45, 2.75) is 25.7 Å². The first-order valence-corrected chi connectivity index (χ1v) is 7.91. The third-order valence-electron chi connectivity index (χ3n) is 4.34. The minimum absolute atomic E-state index is 0.0721. The summed E-state index contributed by atoms with van der Waals surface area (Å²) in [5.41, 5.74) is 2.22. The van der Waals surface area contributed by atoms with Gasteiger partial charge >= 0.3 is 0 Å². The SMILES string of the molecule is CC(=O)N1CC(CCc2nc(-c3ncc[nH]3)no2)c2ccccc21. The Morgan fingerprint density at radius 3 is 3.08 bits per heavy atom. The fourth-order valence-electron chi connectivity index (χ4n) is 3.18. The van der Waals surface area contributed by atoms with E-state index in [1.807, 2.05) is 23.1 Å². The molecule has 0 radical (unpaired) electrons. The number of fused-ring (bicyclic) bond motifs is 1. The molecule has 0 bridgehead atoms. The van der Waals surface area contributed by atoms with Crippen molar-refractivity contribution >= 4 is 11.6 Å². The molecule has 1 aromatic carbocycles. The van der Waals surface area contributed by atoms with Crippen LogP contribution in [0, 0.1) is 0 Å². The monoisotopic (exact) mass is 323 g/mol. The highest BCUT2D eigenvalue weighted by Gasteiger charge is 2.30. The van der Waals surface area contributed by atoms with E-state index >= 15 is 0 Å². The van der Waals surface area contributed by atoms with Gasteiger partial charge in [-0.05, 0) is 18.1 Å². The summed E-state index contributed by atoms with van der Waals surface area (Å²) >= 11 is 0. The van der Waals surface area contributed by atoms with Crippen LogP contribution < -0.4 is 4.90 Å². The number of benzene rings is 1.